The van der Waals surface area contributed by atoms with Crippen molar-refractivity contribution in [2.75, 3.05) is 0 Å². The second-order valence-corrected chi connectivity index (χ2v) is 20.1. The maximum atomic E-state index is 2.52. The maximum absolute atomic E-state index is 2.52. The Labute approximate surface area is 367 Å². The van der Waals surface area contributed by atoms with Gasteiger partial charge in [-0.3, -0.25) is 0 Å². The van der Waals surface area contributed by atoms with Crippen LogP contribution in [0, 0.1) is 0 Å². The maximum Gasteiger partial charge on any atom is 0.0619 e. The van der Waals surface area contributed by atoms with Crippen LogP contribution in [0.3, 0.4) is 0 Å². The fourth-order valence-electron chi connectivity index (χ4n) is 11.5. The standard InChI is InChI=1S/C62H47N/c1-61(2,3)53-33-22-38-17-27-47-42(24-15-36-19-29-51(53)58(38)56(36)47)40-21-26-46-50-32-31-45-43(13-10-14-49(45)60(50)63(55(46)35-40)41-11-8-7-9-12-41)44-25-16-37-20-30-52-54(62(4,5)6)34-23-39-18-28-48(44)57(37)59(39)52/h7-35H,1-6H3. The molecule has 0 fully saturated rings. The Bertz CT molecular complexity index is 4020. The highest BCUT2D eigenvalue weighted by atomic mass is 15.0. The number of nitrogens with zero attached hydrogens (tertiary/aromatic N) is 1. The van der Waals surface area contributed by atoms with Gasteiger partial charge in [0.15, 0.2) is 0 Å². The van der Waals surface area contributed by atoms with Gasteiger partial charge < -0.3 is 4.57 Å². The van der Waals surface area contributed by atoms with Crippen LogP contribution in [0.5, 0.6) is 0 Å². The molecular formula is C62H47N. The molecule has 13 aromatic rings. The van der Waals surface area contributed by atoms with Crippen LogP contribution in [-0.4, -0.2) is 4.57 Å². The molecule has 1 aromatic heterocycles. The smallest absolute Gasteiger partial charge is 0.0619 e. The van der Waals surface area contributed by atoms with Crippen LogP contribution >= 0.6 is 0 Å². The van der Waals surface area contributed by atoms with Gasteiger partial charge in [0.1, 0.15) is 0 Å². The molecule has 300 valence electrons. The fourth-order valence-corrected chi connectivity index (χ4v) is 11.5. The largest absolute Gasteiger partial charge is 0.309 e. The Balaban J connectivity index is 1.06. The molecule has 0 aliphatic rings. The van der Waals surface area contributed by atoms with Gasteiger partial charge in [-0.2, -0.15) is 0 Å². The SMILES string of the molecule is CC(C)(C)c1ccc2ccc3c(-c4ccc5c6ccc7c(-c8ccc9ccc%10c(C(C)(C)C)ccc%11ccc8c9c%11%10)cccc7c6n(-c6ccccc6)c5c4)ccc4ccc1c2c43. The number of hydrogen-bond acceptors (Lipinski definition) is 0. The zero-order valence-electron chi connectivity index (χ0n) is 36.7. The molecule has 1 heteroatoms. The summed E-state index contributed by atoms with van der Waals surface area (Å²) in [6, 6.07) is 67.2. The number of rotatable bonds is 3. The Morgan fingerprint density at radius 3 is 1.37 bits per heavy atom. The molecule has 1 nitrogen and oxygen atoms in total. The van der Waals surface area contributed by atoms with Crippen molar-refractivity contribution in [3.05, 3.63) is 187 Å². The van der Waals surface area contributed by atoms with Gasteiger partial charge in [0.2, 0.25) is 0 Å². The molecule has 0 aliphatic carbocycles. The summed E-state index contributed by atoms with van der Waals surface area (Å²) in [4.78, 5) is 0. The van der Waals surface area contributed by atoms with E-state index >= 15 is 0 Å². The lowest BCUT2D eigenvalue weighted by Gasteiger charge is -2.23. The predicted molar refractivity (Wildman–Crippen MR) is 274 cm³/mol. The minimum atomic E-state index is 0.0442. The molecule has 63 heavy (non-hydrogen) atoms. The first-order valence-corrected chi connectivity index (χ1v) is 22.5. The Morgan fingerprint density at radius 2 is 0.762 bits per heavy atom. The lowest BCUT2D eigenvalue weighted by molar-refractivity contribution is 0.596. The second-order valence-electron chi connectivity index (χ2n) is 20.1. The van der Waals surface area contributed by atoms with Crippen molar-refractivity contribution in [2.24, 2.45) is 0 Å². The fraction of sp³-hybridized carbons (Fsp3) is 0.129. The van der Waals surface area contributed by atoms with E-state index in [1.54, 1.807) is 0 Å². The summed E-state index contributed by atoms with van der Waals surface area (Å²) in [5.41, 5.74) is 11.5. The third-order valence-corrected chi connectivity index (χ3v) is 14.3. The molecule has 0 radical (unpaired) electrons. The van der Waals surface area contributed by atoms with Gasteiger partial charge in [0.25, 0.3) is 0 Å². The molecule has 12 aromatic carbocycles. The molecular weight excluding hydrogens is 759 g/mol. The number of hydrogen-bond donors (Lipinski definition) is 0. The summed E-state index contributed by atoms with van der Waals surface area (Å²) < 4.78 is 2.52. The molecule has 0 saturated carbocycles. The van der Waals surface area contributed by atoms with Gasteiger partial charge in [0, 0.05) is 21.8 Å². The summed E-state index contributed by atoms with van der Waals surface area (Å²) in [6.45, 7) is 13.9. The zero-order chi connectivity index (χ0) is 42.5. The molecule has 0 amide bonds. The molecule has 0 aliphatic heterocycles. The van der Waals surface area contributed by atoms with Gasteiger partial charge >= 0.3 is 0 Å². The first kappa shape index (κ1) is 36.4. The summed E-state index contributed by atoms with van der Waals surface area (Å²) >= 11 is 0. The normalized spacial score (nSPS) is 12.9. The van der Waals surface area contributed by atoms with E-state index in [0.717, 1.165) is 5.69 Å². The van der Waals surface area contributed by atoms with E-state index in [4.69, 9.17) is 0 Å². The van der Waals surface area contributed by atoms with Crippen molar-refractivity contribution in [3.8, 4) is 27.9 Å². The van der Waals surface area contributed by atoms with E-state index in [0.29, 0.717) is 0 Å². The highest BCUT2D eigenvalue weighted by molar-refractivity contribution is 6.29. The summed E-state index contributed by atoms with van der Waals surface area (Å²) in [5.74, 6) is 0. The molecule has 0 spiro atoms. The number of fused-ring (bicyclic) bond motifs is 5. The quantitative estimate of drug-likeness (QED) is 0.157. The van der Waals surface area contributed by atoms with Gasteiger partial charge in [-0.25, -0.2) is 0 Å². The highest BCUT2D eigenvalue weighted by Gasteiger charge is 2.24. The molecule has 13 rings (SSSR count). The van der Waals surface area contributed by atoms with Crippen LogP contribution in [0.2, 0.25) is 0 Å². The van der Waals surface area contributed by atoms with Crippen molar-refractivity contribution in [1.82, 2.24) is 4.57 Å². The minimum Gasteiger partial charge on any atom is -0.309 e. The molecule has 0 unspecified atom stereocenters. The summed E-state index contributed by atoms with van der Waals surface area (Å²) in [6.07, 6.45) is 0. The molecule has 0 N–H and O–H groups in total. The number of para-hydroxylation sites is 1. The third-order valence-electron chi connectivity index (χ3n) is 14.3. The van der Waals surface area contributed by atoms with Crippen LogP contribution in [-0.2, 0) is 10.8 Å². The monoisotopic (exact) mass is 805 g/mol. The van der Waals surface area contributed by atoms with Crippen LogP contribution in [0.4, 0.5) is 0 Å². The second kappa shape index (κ2) is 12.7. The van der Waals surface area contributed by atoms with Crippen molar-refractivity contribution in [3.63, 3.8) is 0 Å². The number of aromatic nitrogens is 1. The van der Waals surface area contributed by atoms with Gasteiger partial charge in [-0.1, -0.05) is 199 Å². The van der Waals surface area contributed by atoms with Gasteiger partial charge in [0.05, 0.1) is 11.0 Å². The Kier molecular flexibility index (Phi) is 7.33. The molecule has 0 saturated heterocycles. The third kappa shape index (κ3) is 5.11. The average molecular weight is 806 g/mol. The molecule has 0 bridgehead atoms. The van der Waals surface area contributed by atoms with Crippen molar-refractivity contribution < 1.29 is 0 Å². The minimum absolute atomic E-state index is 0.0442. The van der Waals surface area contributed by atoms with E-state index < -0.39 is 0 Å². The van der Waals surface area contributed by atoms with Gasteiger partial charge in [-0.05, 0) is 132 Å². The average Bonchev–Trinajstić information content (AvgIpc) is 3.63. The first-order chi connectivity index (χ1) is 30.5. The lowest BCUT2D eigenvalue weighted by atomic mass is 9.80. The Hall–Kier alpha value is -7.22. The van der Waals surface area contributed by atoms with Crippen LogP contribution < -0.4 is 0 Å². The van der Waals surface area contributed by atoms with Crippen LogP contribution in [0.15, 0.2) is 176 Å². The summed E-state index contributed by atoms with van der Waals surface area (Å²) in [5, 5.41) is 21.0. The van der Waals surface area contributed by atoms with Gasteiger partial charge in [-0.15, -0.1) is 0 Å². The Morgan fingerprint density at radius 1 is 0.317 bits per heavy atom. The van der Waals surface area contributed by atoms with Crippen LogP contribution in [0.1, 0.15) is 52.7 Å². The van der Waals surface area contributed by atoms with Crippen molar-refractivity contribution >= 4 is 97.2 Å². The lowest BCUT2D eigenvalue weighted by Crippen LogP contribution is -2.11. The topological polar surface area (TPSA) is 4.93 Å². The van der Waals surface area contributed by atoms with Crippen molar-refractivity contribution in [2.45, 2.75) is 52.4 Å². The summed E-state index contributed by atoms with van der Waals surface area (Å²) in [7, 11) is 0. The zero-order valence-corrected chi connectivity index (χ0v) is 36.7. The molecule has 0 atom stereocenters. The number of benzene rings is 12. The van der Waals surface area contributed by atoms with E-state index in [2.05, 4.69) is 222 Å². The predicted octanol–water partition coefficient (Wildman–Crippen LogP) is 17.7. The van der Waals surface area contributed by atoms with E-state index in [9.17, 15) is 0 Å². The van der Waals surface area contributed by atoms with Crippen molar-refractivity contribution in [1.29, 1.82) is 0 Å². The first-order valence-electron chi connectivity index (χ1n) is 22.5. The van der Waals surface area contributed by atoms with Crippen LogP contribution in [0.25, 0.3) is 125 Å². The molecule has 1 heterocycles. The highest BCUT2D eigenvalue weighted by Crippen LogP contribution is 2.47. The van der Waals surface area contributed by atoms with E-state index in [-0.39, 0.29) is 10.8 Å². The van der Waals surface area contributed by atoms with E-state index in [1.807, 2.05) is 0 Å². The van der Waals surface area contributed by atoms with E-state index in [1.165, 1.54) is 131 Å².